The van der Waals surface area contributed by atoms with Crippen molar-refractivity contribution in [1.29, 1.82) is 0 Å². The molecule has 17 heavy (non-hydrogen) atoms. The summed E-state index contributed by atoms with van der Waals surface area (Å²) in [5, 5.41) is 3.68. The van der Waals surface area contributed by atoms with Gasteiger partial charge < -0.3 is 5.32 Å². The van der Waals surface area contributed by atoms with Crippen LogP contribution in [0.1, 0.15) is 31.0 Å². The number of halogens is 2. The number of thioether (sulfide) groups is 1. The Hall–Kier alpha value is -0.250. The van der Waals surface area contributed by atoms with Gasteiger partial charge in [0.05, 0.1) is 5.02 Å². The standard InChI is InChI=1S/C13H17ClFNS/c1-3-16-13-8(2)6-17-7-10-9(13)4-5-11(14)12(10)15/h4-5,8,13,16H,3,6-7H2,1-2H3. The van der Waals surface area contributed by atoms with E-state index in [2.05, 4.69) is 19.2 Å². The lowest BCUT2D eigenvalue weighted by Gasteiger charge is -2.24. The summed E-state index contributed by atoms with van der Waals surface area (Å²) in [4.78, 5) is 0. The molecule has 0 radical (unpaired) electrons. The fourth-order valence-corrected chi connectivity index (χ4v) is 3.68. The normalized spacial score (nSPS) is 24.2. The Labute approximate surface area is 111 Å². The van der Waals surface area contributed by atoms with Crippen LogP contribution in [0.4, 0.5) is 4.39 Å². The van der Waals surface area contributed by atoms with Crippen molar-refractivity contribution in [3.63, 3.8) is 0 Å². The zero-order valence-corrected chi connectivity index (χ0v) is 11.7. The molecule has 1 N–H and O–H groups in total. The SMILES string of the molecule is CCNC1c2ccc(Cl)c(F)c2CSCC1C. The maximum absolute atomic E-state index is 14.0. The highest BCUT2D eigenvalue weighted by atomic mass is 35.5. The third-order valence-electron chi connectivity index (χ3n) is 3.19. The van der Waals surface area contributed by atoms with Crippen molar-refractivity contribution in [3.05, 3.63) is 34.1 Å². The van der Waals surface area contributed by atoms with E-state index in [1.54, 1.807) is 17.8 Å². The van der Waals surface area contributed by atoms with E-state index in [4.69, 9.17) is 11.6 Å². The van der Waals surface area contributed by atoms with E-state index in [1.807, 2.05) is 6.07 Å². The smallest absolute Gasteiger partial charge is 0.146 e. The Morgan fingerprint density at radius 2 is 2.29 bits per heavy atom. The second kappa shape index (κ2) is 5.59. The average molecular weight is 274 g/mol. The average Bonchev–Trinajstić information content (AvgIpc) is 2.46. The maximum atomic E-state index is 14.0. The number of hydrogen-bond donors (Lipinski definition) is 1. The second-order valence-corrected chi connectivity index (χ2v) is 5.89. The first-order valence-electron chi connectivity index (χ1n) is 5.93. The molecule has 2 unspecified atom stereocenters. The molecule has 1 nitrogen and oxygen atoms in total. The molecule has 0 aliphatic carbocycles. The molecule has 1 aliphatic heterocycles. The Bertz CT molecular complexity index is 411. The molecule has 94 valence electrons. The van der Waals surface area contributed by atoms with E-state index in [0.717, 1.165) is 23.4 Å². The molecule has 0 spiro atoms. The zero-order chi connectivity index (χ0) is 12.4. The number of benzene rings is 1. The second-order valence-electron chi connectivity index (χ2n) is 4.46. The summed E-state index contributed by atoms with van der Waals surface area (Å²) in [5.41, 5.74) is 1.85. The third kappa shape index (κ3) is 2.61. The molecular formula is C13H17ClFNS. The first-order valence-corrected chi connectivity index (χ1v) is 7.46. The van der Waals surface area contributed by atoms with E-state index in [9.17, 15) is 4.39 Å². The lowest BCUT2D eigenvalue weighted by Crippen LogP contribution is -2.28. The van der Waals surface area contributed by atoms with Gasteiger partial charge in [-0.25, -0.2) is 4.39 Å². The zero-order valence-electron chi connectivity index (χ0n) is 10.1. The summed E-state index contributed by atoms with van der Waals surface area (Å²) in [6.45, 7) is 5.18. The van der Waals surface area contributed by atoms with Crippen molar-refractivity contribution in [2.75, 3.05) is 12.3 Å². The number of fused-ring (bicyclic) bond motifs is 1. The van der Waals surface area contributed by atoms with Gasteiger partial charge in [0.25, 0.3) is 0 Å². The van der Waals surface area contributed by atoms with Gasteiger partial charge in [-0.15, -0.1) is 0 Å². The van der Waals surface area contributed by atoms with Crippen LogP contribution in [0.3, 0.4) is 0 Å². The fourth-order valence-electron chi connectivity index (χ4n) is 2.33. The van der Waals surface area contributed by atoms with E-state index in [0.29, 0.717) is 11.7 Å². The predicted octanol–water partition coefficient (Wildman–Crippen LogP) is 4.01. The summed E-state index contributed by atoms with van der Waals surface area (Å²) in [6.07, 6.45) is 0. The van der Waals surface area contributed by atoms with Gasteiger partial charge in [0.1, 0.15) is 5.82 Å². The quantitative estimate of drug-likeness (QED) is 0.874. The van der Waals surface area contributed by atoms with Crippen molar-refractivity contribution in [2.24, 2.45) is 5.92 Å². The predicted molar refractivity (Wildman–Crippen MR) is 73.2 cm³/mol. The lowest BCUT2D eigenvalue weighted by atomic mass is 9.92. The fraction of sp³-hybridized carbons (Fsp3) is 0.538. The van der Waals surface area contributed by atoms with Crippen LogP contribution in [-0.2, 0) is 5.75 Å². The van der Waals surface area contributed by atoms with Crippen molar-refractivity contribution in [3.8, 4) is 0 Å². The largest absolute Gasteiger partial charge is 0.310 e. The molecule has 2 rings (SSSR count). The summed E-state index contributed by atoms with van der Waals surface area (Å²) in [6, 6.07) is 3.87. The van der Waals surface area contributed by atoms with Crippen LogP contribution >= 0.6 is 23.4 Å². The minimum Gasteiger partial charge on any atom is -0.310 e. The molecule has 1 heterocycles. The van der Waals surface area contributed by atoms with Crippen LogP contribution in [0.5, 0.6) is 0 Å². The number of rotatable bonds is 2. The molecule has 0 fully saturated rings. The Morgan fingerprint density at radius 1 is 1.53 bits per heavy atom. The van der Waals surface area contributed by atoms with Crippen LogP contribution in [-0.4, -0.2) is 12.3 Å². The van der Waals surface area contributed by atoms with Gasteiger partial charge in [-0.05, 0) is 29.8 Å². The molecule has 4 heteroatoms. The highest BCUT2D eigenvalue weighted by Crippen LogP contribution is 2.37. The molecule has 2 atom stereocenters. The molecule has 1 aromatic rings. The summed E-state index contributed by atoms with van der Waals surface area (Å²) in [5.74, 6) is 2.02. The van der Waals surface area contributed by atoms with Crippen LogP contribution in [0.25, 0.3) is 0 Å². The van der Waals surface area contributed by atoms with Crippen molar-refractivity contribution in [2.45, 2.75) is 25.6 Å². The summed E-state index contributed by atoms with van der Waals surface area (Å²) < 4.78 is 14.0. The van der Waals surface area contributed by atoms with Crippen LogP contribution in [0, 0.1) is 11.7 Å². The molecule has 1 aromatic carbocycles. The van der Waals surface area contributed by atoms with E-state index < -0.39 is 0 Å². The first kappa shape index (κ1) is 13.2. The summed E-state index contributed by atoms with van der Waals surface area (Å²) in [7, 11) is 0. The number of nitrogens with one attached hydrogen (secondary N) is 1. The Balaban J connectivity index is 2.47. The first-order chi connectivity index (χ1) is 8.15. The number of hydrogen-bond acceptors (Lipinski definition) is 2. The van der Waals surface area contributed by atoms with Crippen LogP contribution in [0.15, 0.2) is 12.1 Å². The van der Waals surface area contributed by atoms with Gasteiger partial charge in [-0.2, -0.15) is 11.8 Å². The highest BCUT2D eigenvalue weighted by Gasteiger charge is 2.26. The van der Waals surface area contributed by atoms with Gasteiger partial charge in [0, 0.05) is 17.4 Å². The Morgan fingerprint density at radius 3 is 3.00 bits per heavy atom. The van der Waals surface area contributed by atoms with Gasteiger partial charge in [0.15, 0.2) is 0 Å². The van der Waals surface area contributed by atoms with E-state index >= 15 is 0 Å². The minimum atomic E-state index is -0.242. The molecule has 0 bridgehead atoms. The van der Waals surface area contributed by atoms with Gasteiger partial charge in [0.2, 0.25) is 0 Å². The van der Waals surface area contributed by atoms with Gasteiger partial charge in [-0.1, -0.05) is 31.5 Å². The molecule has 0 amide bonds. The topological polar surface area (TPSA) is 12.0 Å². The van der Waals surface area contributed by atoms with Crippen molar-refractivity contribution < 1.29 is 4.39 Å². The molecular weight excluding hydrogens is 257 g/mol. The Kier molecular flexibility index (Phi) is 4.34. The van der Waals surface area contributed by atoms with E-state index in [1.165, 1.54) is 0 Å². The highest BCUT2D eigenvalue weighted by molar-refractivity contribution is 7.98. The molecule has 0 saturated carbocycles. The monoisotopic (exact) mass is 273 g/mol. The van der Waals surface area contributed by atoms with Crippen molar-refractivity contribution in [1.82, 2.24) is 5.32 Å². The molecule has 0 aromatic heterocycles. The van der Waals surface area contributed by atoms with Crippen molar-refractivity contribution >= 4 is 23.4 Å². The van der Waals surface area contributed by atoms with E-state index in [-0.39, 0.29) is 16.9 Å². The minimum absolute atomic E-state index is 0.231. The van der Waals surface area contributed by atoms with Crippen LogP contribution < -0.4 is 5.32 Å². The molecule has 1 aliphatic rings. The van der Waals surface area contributed by atoms with Gasteiger partial charge >= 0.3 is 0 Å². The summed E-state index contributed by atoms with van der Waals surface area (Å²) >= 11 is 7.64. The molecule has 0 saturated heterocycles. The third-order valence-corrected chi connectivity index (χ3v) is 4.73. The van der Waals surface area contributed by atoms with Crippen LogP contribution in [0.2, 0.25) is 5.02 Å². The maximum Gasteiger partial charge on any atom is 0.146 e. The lowest BCUT2D eigenvalue weighted by molar-refractivity contribution is 0.426. The van der Waals surface area contributed by atoms with Gasteiger partial charge in [-0.3, -0.25) is 0 Å².